The van der Waals surface area contributed by atoms with Crippen molar-refractivity contribution in [3.05, 3.63) is 58.9 Å². The van der Waals surface area contributed by atoms with Gasteiger partial charge in [0.1, 0.15) is 17.5 Å². The van der Waals surface area contributed by atoms with Crippen LogP contribution in [-0.4, -0.2) is 46.9 Å². The molecule has 0 radical (unpaired) electrons. The van der Waals surface area contributed by atoms with Crippen molar-refractivity contribution in [2.45, 2.75) is 37.8 Å². The van der Waals surface area contributed by atoms with Gasteiger partial charge in [-0.1, -0.05) is 11.6 Å². The number of aromatic nitrogens is 1. The molecule has 4 rings (SSSR count). The molecule has 1 N–H and O–H groups in total. The lowest BCUT2D eigenvalue weighted by molar-refractivity contribution is 0.0691. The van der Waals surface area contributed by atoms with Gasteiger partial charge in [-0.25, -0.2) is 4.98 Å². The van der Waals surface area contributed by atoms with Gasteiger partial charge < -0.3 is 15.0 Å². The molecule has 2 aliphatic rings. The number of carbonyl (C=O) groups excluding carboxylic acids is 2. The Kier molecular flexibility index (Phi) is 5.48. The Morgan fingerprint density at radius 2 is 1.86 bits per heavy atom. The molecule has 2 fully saturated rings. The summed E-state index contributed by atoms with van der Waals surface area (Å²) in [6, 6.07) is 10.8. The average molecular weight is 400 g/mol. The number of benzene rings is 1. The molecule has 1 saturated heterocycles. The Hall–Kier alpha value is -2.60. The third kappa shape index (κ3) is 4.44. The van der Waals surface area contributed by atoms with E-state index in [9.17, 15) is 9.59 Å². The Morgan fingerprint density at radius 1 is 1.11 bits per heavy atom. The predicted molar refractivity (Wildman–Crippen MR) is 106 cm³/mol. The summed E-state index contributed by atoms with van der Waals surface area (Å²) in [7, 11) is 0. The van der Waals surface area contributed by atoms with Crippen LogP contribution < -0.4 is 10.1 Å². The van der Waals surface area contributed by atoms with Crippen LogP contribution in [0.5, 0.6) is 5.75 Å². The molecule has 0 bridgehead atoms. The second-order valence-corrected chi connectivity index (χ2v) is 7.63. The number of ether oxygens (including phenoxy) is 1. The fourth-order valence-electron chi connectivity index (χ4n) is 3.34. The summed E-state index contributed by atoms with van der Waals surface area (Å²) in [6.07, 6.45) is 5.48. The van der Waals surface area contributed by atoms with Crippen molar-refractivity contribution in [2.75, 3.05) is 13.2 Å². The third-order valence-corrected chi connectivity index (χ3v) is 5.31. The fourth-order valence-corrected chi connectivity index (χ4v) is 3.45. The fraction of sp³-hybridized carbons (Fsp3) is 0.381. The standard InChI is InChI=1S/C21H22ClN3O3/c22-19-10-5-15(12-23-19)21(27)25-11-1-2-17(25)13-28-18-8-3-14(4-9-18)20(26)24-16-6-7-16/h3-5,8-10,12,16-17H,1-2,6-7,11,13H2,(H,24,26). The van der Waals surface area contributed by atoms with Gasteiger partial charge in [0.25, 0.3) is 11.8 Å². The molecule has 1 aliphatic heterocycles. The summed E-state index contributed by atoms with van der Waals surface area (Å²) >= 11 is 5.80. The van der Waals surface area contributed by atoms with Crippen LogP contribution in [0, 0.1) is 0 Å². The van der Waals surface area contributed by atoms with Gasteiger partial charge in [-0.05, 0) is 62.1 Å². The second-order valence-electron chi connectivity index (χ2n) is 7.25. The van der Waals surface area contributed by atoms with Gasteiger partial charge in [0.15, 0.2) is 0 Å². The number of amides is 2. The van der Waals surface area contributed by atoms with E-state index in [4.69, 9.17) is 16.3 Å². The zero-order valence-electron chi connectivity index (χ0n) is 15.4. The molecule has 6 nitrogen and oxygen atoms in total. The molecule has 1 unspecified atom stereocenters. The van der Waals surface area contributed by atoms with Gasteiger partial charge in [-0.2, -0.15) is 0 Å². The first-order chi connectivity index (χ1) is 13.6. The van der Waals surface area contributed by atoms with E-state index in [2.05, 4.69) is 10.3 Å². The quantitative estimate of drug-likeness (QED) is 0.756. The number of nitrogens with one attached hydrogen (secondary N) is 1. The van der Waals surface area contributed by atoms with Gasteiger partial charge in [-0.3, -0.25) is 9.59 Å². The molecule has 2 heterocycles. The lowest BCUT2D eigenvalue weighted by Gasteiger charge is -2.25. The molecule has 146 valence electrons. The van der Waals surface area contributed by atoms with E-state index in [-0.39, 0.29) is 17.9 Å². The van der Waals surface area contributed by atoms with Crippen LogP contribution >= 0.6 is 11.6 Å². The summed E-state index contributed by atoms with van der Waals surface area (Å²) in [4.78, 5) is 30.6. The molecule has 1 aliphatic carbocycles. The SMILES string of the molecule is O=C(NC1CC1)c1ccc(OCC2CCCN2C(=O)c2ccc(Cl)nc2)cc1. The average Bonchev–Trinajstić information content (AvgIpc) is 3.40. The third-order valence-electron chi connectivity index (χ3n) is 5.08. The smallest absolute Gasteiger partial charge is 0.255 e. The van der Waals surface area contributed by atoms with E-state index in [1.54, 1.807) is 36.4 Å². The van der Waals surface area contributed by atoms with Crippen LogP contribution in [0.15, 0.2) is 42.6 Å². The minimum absolute atomic E-state index is 0.0148. The van der Waals surface area contributed by atoms with Gasteiger partial charge >= 0.3 is 0 Å². The number of likely N-dealkylation sites (tertiary alicyclic amines) is 1. The van der Waals surface area contributed by atoms with Crippen molar-refractivity contribution in [3.63, 3.8) is 0 Å². The Balaban J connectivity index is 1.33. The van der Waals surface area contributed by atoms with Crippen molar-refractivity contribution in [3.8, 4) is 5.75 Å². The highest BCUT2D eigenvalue weighted by atomic mass is 35.5. The maximum atomic E-state index is 12.7. The van der Waals surface area contributed by atoms with Gasteiger partial charge in [0.2, 0.25) is 0 Å². The number of pyridine rings is 1. The van der Waals surface area contributed by atoms with Crippen molar-refractivity contribution in [1.29, 1.82) is 0 Å². The van der Waals surface area contributed by atoms with Crippen molar-refractivity contribution >= 4 is 23.4 Å². The number of hydrogen-bond acceptors (Lipinski definition) is 4. The summed E-state index contributed by atoms with van der Waals surface area (Å²) in [5.41, 5.74) is 1.16. The van der Waals surface area contributed by atoms with E-state index in [1.807, 2.05) is 4.90 Å². The van der Waals surface area contributed by atoms with Crippen molar-refractivity contribution < 1.29 is 14.3 Å². The normalized spacial score (nSPS) is 18.8. The Morgan fingerprint density at radius 3 is 2.54 bits per heavy atom. The minimum Gasteiger partial charge on any atom is -0.491 e. The predicted octanol–water partition coefficient (Wildman–Crippen LogP) is 3.31. The maximum absolute atomic E-state index is 12.7. The number of carbonyl (C=O) groups is 2. The van der Waals surface area contributed by atoms with Gasteiger partial charge in [-0.15, -0.1) is 0 Å². The highest BCUT2D eigenvalue weighted by Crippen LogP contribution is 2.23. The van der Waals surface area contributed by atoms with Crippen LogP contribution in [0.1, 0.15) is 46.4 Å². The van der Waals surface area contributed by atoms with Crippen LogP contribution in [0.2, 0.25) is 5.15 Å². The molecule has 7 heteroatoms. The largest absolute Gasteiger partial charge is 0.491 e. The first kappa shape index (κ1) is 18.7. The van der Waals surface area contributed by atoms with E-state index >= 15 is 0 Å². The van der Waals surface area contributed by atoms with Crippen LogP contribution in [-0.2, 0) is 0 Å². The summed E-state index contributed by atoms with van der Waals surface area (Å²) in [5.74, 6) is 0.594. The molecule has 28 heavy (non-hydrogen) atoms. The second kappa shape index (κ2) is 8.19. The lowest BCUT2D eigenvalue weighted by Crippen LogP contribution is -2.39. The van der Waals surface area contributed by atoms with E-state index in [1.165, 1.54) is 6.20 Å². The molecule has 2 aromatic rings. The van der Waals surface area contributed by atoms with Gasteiger partial charge in [0, 0.05) is 24.3 Å². The van der Waals surface area contributed by atoms with Gasteiger partial charge in [0.05, 0.1) is 11.6 Å². The zero-order chi connectivity index (χ0) is 19.5. The number of nitrogens with zero attached hydrogens (tertiary/aromatic N) is 2. The molecule has 1 saturated carbocycles. The van der Waals surface area contributed by atoms with E-state index in [0.717, 1.165) is 25.7 Å². The summed E-state index contributed by atoms with van der Waals surface area (Å²) < 4.78 is 5.89. The number of hydrogen-bond donors (Lipinski definition) is 1. The summed E-state index contributed by atoms with van der Waals surface area (Å²) in [6.45, 7) is 1.12. The molecular weight excluding hydrogens is 378 g/mol. The molecular formula is C21H22ClN3O3. The molecule has 1 aromatic carbocycles. The Labute approximate surface area is 168 Å². The van der Waals surface area contributed by atoms with Crippen LogP contribution in [0.3, 0.4) is 0 Å². The lowest BCUT2D eigenvalue weighted by atomic mass is 10.2. The van der Waals surface area contributed by atoms with Crippen molar-refractivity contribution in [2.24, 2.45) is 0 Å². The monoisotopic (exact) mass is 399 g/mol. The molecule has 1 aromatic heterocycles. The zero-order valence-corrected chi connectivity index (χ0v) is 16.2. The van der Waals surface area contributed by atoms with E-state index in [0.29, 0.717) is 41.2 Å². The maximum Gasteiger partial charge on any atom is 0.255 e. The van der Waals surface area contributed by atoms with Crippen molar-refractivity contribution in [1.82, 2.24) is 15.2 Å². The first-order valence-electron chi connectivity index (χ1n) is 9.56. The molecule has 0 spiro atoms. The molecule has 2 amide bonds. The Bertz CT molecular complexity index is 850. The van der Waals surface area contributed by atoms with Crippen LogP contribution in [0.25, 0.3) is 0 Å². The first-order valence-corrected chi connectivity index (χ1v) is 9.94. The highest BCUT2D eigenvalue weighted by Gasteiger charge is 2.30. The number of halogens is 1. The highest BCUT2D eigenvalue weighted by molar-refractivity contribution is 6.29. The summed E-state index contributed by atoms with van der Waals surface area (Å²) in [5, 5.41) is 3.33. The van der Waals surface area contributed by atoms with E-state index < -0.39 is 0 Å². The molecule has 1 atom stereocenters. The minimum atomic E-state index is -0.0534. The number of rotatable bonds is 6. The topological polar surface area (TPSA) is 71.5 Å². The van der Waals surface area contributed by atoms with Crippen LogP contribution in [0.4, 0.5) is 0 Å².